The number of anilines is 2. The Balaban J connectivity index is 1.78. The van der Waals surface area contributed by atoms with Crippen molar-refractivity contribution in [3.8, 4) is 5.75 Å². The number of thiocarbonyl (C=S) groups is 1. The highest BCUT2D eigenvalue weighted by Gasteiger charge is 2.42. The zero-order chi connectivity index (χ0) is 22.0. The summed E-state index contributed by atoms with van der Waals surface area (Å²) in [4.78, 5) is 18.5. The molecular formula is C23H25N5O2S. The molecule has 2 aromatic heterocycles. The van der Waals surface area contributed by atoms with E-state index in [-0.39, 0.29) is 18.0 Å². The van der Waals surface area contributed by atoms with Gasteiger partial charge in [-0.25, -0.2) is 0 Å². The van der Waals surface area contributed by atoms with Gasteiger partial charge in [-0.1, -0.05) is 13.0 Å². The highest BCUT2D eigenvalue weighted by atomic mass is 32.1. The van der Waals surface area contributed by atoms with Crippen LogP contribution in [0, 0.1) is 0 Å². The first kappa shape index (κ1) is 20.9. The number of pyridine rings is 1. The molecule has 8 heteroatoms. The average Bonchev–Trinajstić information content (AvgIpc) is 3.36. The summed E-state index contributed by atoms with van der Waals surface area (Å²) < 4.78 is 7.66. The summed E-state index contributed by atoms with van der Waals surface area (Å²) in [6.45, 7) is 1.81. The van der Waals surface area contributed by atoms with Crippen LogP contribution >= 0.6 is 12.2 Å². The second-order valence-electron chi connectivity index (χ2n) is 7.33. The number of nitrogens with zero attached hydrogens (tertiary/aromatic N) is 3. The second-order valence-corrected chi connectivity index (χ2v) is 7.71. The molecule has 3 aromatic rings. The number of carbonyl (C=O) groups is 1. The average molecular weight is 436 g/mol. The number of amides is 1. The molecule has 1 aliphatic heterocycles. The number of methoxy groups -OCH3 is 1. The molecule has 0 bridgehead atoms. The minimum Gasteiger partial charge on any atom is -0.494 e. The van der Waals surface area contributed by atoms with Crippen LogP contribution in [0.2, 0.25) is 0 Å². The number of hydrogen-bond donors (Lipinski definition) is 2. The van der Waals surface area contributed by atoms with Crippen molar-refractivity contribution >= 4 is 34.6 Å². The van der Waals surface area contributed by atoms with Crippen LogP contribution < -0.4 is 20.3 Å². The fraction of sp³-hybridized carbons (Fsp3) is 0.261. The highest BCUT2D eigenvalue weighted by molar-refractivity contribution is 7.80. The topological polar surface area (TPSA) is 71.4 Å². The van der Waals surface area contributed by atoms with E-state index in [1.54, 1.807) is 13.3 Å². The number of carbonyl (C=O) groups excluding carboxylic acids is 1. The van der Waals surface area contributed by atoms with Gasteiger partial charge in [-0.05, 0) is 48.6 Å². The SMILES string of the molecule is CCC(=O)Nc1ccc(N2C(=S)N[C@H](c3ccccn3)[C@@H]2c2cccn2C)cc1OC. The van der Waals surface area contributed by atoms with E-state index in [4.69, 9.17) is 17.0 Å². The fourth-order valence-electron chi connectivity index (χ4n) is 3.89. The van der Waals surface area contributed by atoms with Gasteiger partial charge in [0.15, 0.2) is 5.11 Å². The third kappa shape index (κ3) is 3.98. The van der Waals surface area contributed by atoms with Crippen molar-refractivity contribution in [3.63, 3.8) is 0 Å². The van der Waals surface area contributed by atoms with E-state index >= 15 is 0 Å². The molecule has 1 fully saturated rings. The van der Waals surface area contributed by atoms with Crippen molar-refractivity contribution in [1.82, 2.24) is 14.9 Å². The summed E-state index contributed by atoms with van der Waals surface area (Å²) in [5, 5.41) is 6.93. The molecule has 2 N–H and O–H groups in total. The van der Waals surface area contributed by atoms with Crippen molar-refractivity contribution in [1.29, 1.82) is 0 Å². The number of aryl methyl sites for hydroxylation is 1. The molecule has 4 rings (SSSR count). The molecule has 0 radical (unpaired) electrons. The first-order valence-corrected chi connectivity index (χ1v) is 10.5. The molecular weight excluding hydrogens is 410 g/mol. The second kappa shape index (κ2) is 8.77. The Bertz CT molecular complexity index is 1100. The largest absolute Gasteiger partial charge is 0.494 e. The molecule has 0 saturated carbocycles. The van der Waals surface area contributed by atoms with Crippen molar-refractivity contribution < 1.29 is 9.53 Å². The van der Waals surface area contributed by atoms with E-state index in [1.807, 2.05) is 62.6 Å². The molecule has 1 amide bonds. The minimum atomic E-state index is -0.118. The molecule has 7 nitrogen and oxygen atoms in total. The van der Waals surface area contributed by atoms with Crippen molar-refractivity contribution in [2.75, 3.05) is 17.3 Å². The molecule has 0 unspecified atom stereocenters. The Morgan fingerprint density at radius 3 is 2.74 bits per heavy atom. The first-order valence-electron chi connectivity index (χ1n) is 10.1. The van der Waals surface area contributed by atoms with Crippen LogP contribution in [0.3, 0.4) is 0 Å². The number of benzene rings is 1. The van der Waals surface area contributed by atoms with E-state index in [0.717, 1.165) is 17.1 Å². The standard InChI is InChI=1S/C23H25N5O2S/c1-4-20(29)25-16-11-10-15(14-19(16)30-3)28-22(18-9-7-13-27(18)2)21(26-23(28)31)17-8-5-6-12-24-17/h5-14,21-22H,4H2,1-3H3,(H,25,29)(H,26,31)/t21-,22+/m1/s1. The lowest BCUT2D eigenvalue weighted by molar-refractivity contribution is -0.115. The van der Waals surface area contributed by atoms with Gasteiger partial charge in [-0.3, -0.25) is 9.78 Å². The molecule has 2 atom stereocenters. The highest BCUT2D eigenvalue weighted by Crippen LogP contribution is 2.43. The predicted molar refractivity (Wildman–Crippen MR) is 125 cm³/mol. The van der Waals surface area contributed by atoms with E-state index in [9.17, 15) is 4.79 Å². The van der Waals surface area contributed by atoms with Gasteiger partial charge >= 0.3 is 0 Å². The summed E-state index contributed by atoms with van der Waals surface area (Å²) in [7, 11) is 3.61. The van der Waals surface area contributed by atoms with Gasteiger partial charge in [0.05, 0.1) is 24.5 Å². The molecule has 31 heavy (non-hydrogen) atoms. The first-order chi connectivity index (χ1) is 15.0. The van der Waals surface area contributed by atoms with Crippen molar-refractivity contribution in [2.24, 2.45) is 7.05 Å². The smallest absolute Gasteiger partial charge is 0.224 e. The molecule has 1 aliphatic rings. The van der Waals surface area contributed by atoms with E-state index in [0.29, 0.717) is 23.0 Å². The molecule has 1 saturated heterocycles. The molecule has 160 valence electrons. The Morgan fingerprint density at radius 2 is 2.10 bits per heavy atom. The van der Waals surface area contributed by atoms with Gasteiger partial charge in [-0.2, -0.15) is 0 Å². The van der Waals surface area contributed by atoms with Crippen LogP contribution in [0.1, 0.15) is 36.8 Å². The lowest BCUT2D eigenvalue weighted by atomic mass is 10.0. The zero-order valence-corrected chi connectivity index (χ0v) is 18.5. The summed E-state index contributed by atoms with van der Waals surface area (Å²) >= 11 is 5.76. The summed E-state index contributed by atoms with van der Waals surface area (Å²) in [5.41, 5.74) is 3.52. The van der Waals surface area contributed by atoms with E-state index in [1.165, 1.54) is 0 Å². The fourth-order valence-corrected chi connectivity index (χ4v) is 4.23. The van der Waals surface area contributed by atoms with Crippen molar-refractivity contribution in [3.05, 3.63) is 72.3 Å². The van der Waals surface area contributed by atoms with Gasteiger partial charge in [0.25, 0.3) is 0 Å². The van der Waals surface area contributed by atoms with Crippen molar-refractivity contribution in [2.45, 2.75) is 25.4 Å². The minimum absolute atomic E-state index is 0.0682. The molecule has 3 heterocycles. The van der Waals surface area contributed by atoms with Gasteiger partial charge in [0, 0.05) is 43.3 Å². The number of aromatic nitrogens is 2. The van der Waals surface area contributed by atoms with E-state index in [2.05, 4.69) is 31.2 Å². The maximum absolute atomic E-state index is 11.9. The van der Waals surface area contributed by atoms with Gasteiger partial charge in [-0.15, -0.1) is 0 Å². The Morgan fingerprint density at radius 1 is 1.26 bits per heavy atom. The molecule has 0 aliphatic carbocycles. The van der Waals surface area contributed by atoms with Crippen LogP contribution in [0.15, 0.2) is 60.9 Å². The number of nitrogens with one attached hydrogen (secondary N) is 2. The number of ether oxygens (including phenoxy) is 1. The van der Waals surface area contributed by atoms with Gasteiger partial charge < -0.3 is 24.8 Å². The Hall–Kier alpha value is -3.39. The maximum Gasteiger partial charge on any atom is 0.224 e. The third-order valence-electron chi connectivity index (χ3n) is 5.44. The van der Waals surface area contributed by atoms with Crippen LogP contribution in [0.25, 0.3) is 0 Å². The lowest BCUT2D eigenvalue weighted by Gasteiger charge is -2.28. The quantitative estimate of drug-likeness (QED) is 0.571. The normalized spacial score (nSPS) is 18.0. The van der Waals surface area contributed by atoms with Crippen LogP contribution in [-0.2, 0) is 11.8 Å². The Labute approximate surface area is 187 Å². The third-order valence-corrected chi connectivity index (χ3v) is 5.76. The van der Waals surface area contributed by atoms with Gasteiger partial charge in [0.2, 0.25) is 5.91 Å². The van der Waals surface area contributed by atoms with Crippen LogP contribution in [-0.4, -0.2) is 27.7 Å². The van der Waals surface area contributed by atoms with Gasteiger partial charge in [0.1, 0.15) is 11.8 Å². The zero-order valence-electron chi connectivity index (χ0n) is 17.7. The number of rotatable bonds is 6. The number of hydrogen-bond acceptors (Lipinski definition) is 4. The predicted octanol–water partition coefficient (Wildman–Crippen LogP) is 3.95. The molecule has 1 aromatic carbocycles. The lowest BCUT2D eigenvalue weighted by Crippen LogP contribution is -2.30. The maximum atomic E-state index is 11.9. The summed E-state index contributed by atoms with van der Waals surface area (Å²) in [6, 6.07) is 15.5. The van der Waals surface area contributed by atoms with Crippen LogP contribution in [0.4, 0.5) is 11.4 Å². The molecule has 0 spiro atoms. The van der Waals surface area contributed by atoms with E-state index < -0.39 is 0 Å². The monoisotopic (exact) mass is 435 g/mol. The summed E-state index contributed by atoms with van der Waals surface area (Å²) in [6.07, 6.45) is 4.21. The summed E-state index contributed by atoms with van der Waals surface area (Å²) in [5.74, 6) is 0.510. The van der Waals surface area contributed by atoms with Crippen LogP contribution in [0.5, 0.6) is 5.75 Å². The Kier molecular flexibility index (Phi) is 5.90.